The van der Waals surface area contributed by atoms with Crippen LogP contribution in [0.4, 0.5) is 9.18 Å². The number of pyridine rings is 1. The van der Waals surface area contributed by atoms with Gasteiger partial charge >= 0.3 is 6.09 Å². The number of rotatable bonds is 8. The number of nitrogens with zero attached hydrogens (tertiary/aromatic N) is 4. The molecule has 2 fully saturated rings. The summed E-state index contributed by atoms with van der Waals surface area (Å²) in [6, 6.07) is 7.07. The van der Waals surface area contributed by atoms with Gasteiger partial charge < -0.3 is 23.8 Å². The van der Waals surface area contributed by atoms with E-state index in [4.69, 9.17) is 29.0 Å². The van der Waals surface area contributed by atoms with Gasteiger partial charge in [0.1, 0.15) is 43.1 Å². The lowest BCUT2D eigenvalue weighted by Crippen LogP contribution is -2.43. The van der Waals surface area contributed by atoms with Gasteiger partial charge in [0, 0.05) is 48.6 Å². The second kappa shape index (κ2) is 13.4. The summed E-state index contributed by atoms with van der Waals surface area (Å²) in [5, 5.41) is 7.55. The van der Waals surface area contributed by atoms with Gasteiger partial charge in [0.15, 0.2) is 12.5 Å². The average Bonchev–Trinajstić information content (AvgIpc) is 3.36. The van der Waals surface area contributed by atoms with Crippen molar-refractivity contribution in [3.05, 3.63) is 47.5 Å². The molecule has 52 heavy (non-hydrogen) atoms. The highest BCUT2D eigenvalue weighted by Crippen LogP contribution is 2.59. The van der Waals surface area contributed by atoms with Crippen molar-refractivity contribution in [2.75, 3.05) is 33.6 Å². The smallest absolute Gasteiger partial charge is 0.410 e. The summed E-state index contributed by atoms with van der Waals surface area (Å²) in [6.07, 6.45) is 1.62. The zero-order valence-electron chi connectivity index (χ0n) is 32.1. The van der Waals surface area contributed by atoms with Crippen LogP contribution in [0, 0.1) is 29.1 Å². The van der Waals surface area contributed by atoms with Crippen molar-refractivity contribution in [1.82, 2.24) is 19.7 Å². The van der Waals surface area contributed by atoms with E-state index in [-0.39, 0.29) is 24.6 Å². The number of carbonyl (C=O) groups excluding carboxylic acids is 1. The van der Waals surface area contributed by atoms with Gasteiger partial charge in [-0.15, -0.1) is 5.54 Å². The maximum Gasteiger partial charge on any atom is 0.410 e. The number of piperidine rings is 1. The third-order valence-electron chi connectivity index (χ3n) is 11.4. The zero-order chi connectivity index (χ0) is 37.3. The summed E-state index contributed by atoms with van der Waals surface area (Å²) in [7, 11) is -0.603. The Kier molecular flexibility index (Phi) is 9.31. The number of likely N-dealkylation sites (tertiary alicyclic amines) is 1. The van der Waals surface area contributed by atoms with Gasteiger partial charge in [-0.05, 0) is 72.8 Å². The number of aromatic nitrogens is 3. The molecule has 1 unspecified atom stereocenters. The SMILES string of the molecule is COCOc1cc(-c2ncc3c(C4[C@H]5CN(C(=O)OC(C)(C)C)C[C@@H]45)nn4c3c2OCC4)c2c(C#C[Si](C(C)C)(C(C)C)C(C)C)c(F)ccc2c1. The molecule has 1 saturated heterocycles. The van der Waals surface area contributed by atoms with E-state index in [1.165, 1.54) is 6.07 Å². The Morgan fingerprint density at radius 1 is 1.08 bits per heavy atom. The maximum atomic E-state index is 16.1. The fraction of sp³-hybridized carbons (Fsp3) is 0.537. The number of amides is 1. The molecule has 0 spiro atoms. The quantitative estimate of drug-likeness (QED) is 0.102. The Morgan fingerprint density at radius 2 is 1.77 bits per heavy atom. The van der Waals surface area contributed by atoms with Crippen molar-refractivity contribution < 1.29 is 28.1 Å². The van der Waals surface area contributed by atoms with Crippen LogP contribution < -0.4 is 9.47 Å². The number of methoxy groups -OCH3 is 1. The second-order valence-electron chi connectivity index (χ2n) is 16.6. The van der Waals surface area contributed by atoms with Gasteiger partial charge in [0.05, 0.1) is 17.8 Å². The van der Waals surface area contributed by atoms with Crippen molar-refractivity contribution in [2.24, 2.45) is 11.8 Å². The van der Waals surface area contributed by atoms with Crippen molar-refractivity contribution in [2.45, 2.75) is 97.0 Å². The van der Waals surface area contributed by atoms with Crippen LogP contribution in [0.15, 0.2) is 30.5 Å². The first-order valence-electron chi connectivity index (χ1n) is 18.6. The molecule has 4 heterocycles. The van der Waals surface area contributed by atoms with Crippen LogP contribution in [0.1, 0.15) is 79.5 Å². The predicted octanol–water partition coefficient (Wildman–Crippen LogP) is 8.92. The summed E-state index contributed by atoms with van der Waals surface area (Å²) in [4.78, 5) is 19.7. The van der Waals surface area contributed by atoms with Crippen LogP contribution in [0.2, 0.25) is 16.6 Å². The van der Waals surface area contributed by atoms with Crippen molar-refractivity contribution >= 4 is 35.8 Å². The molecule has 2 aromatic carbocycles. The molecular weight excluding hydrogens is 676 g/mol. The standard InChI is InChI=1S/C41H51FN4O5Si/c1-23(2)52(24(3)4,25(5)6)16-13-28-33(42)12-11-26-17-27(50-22-48-10)18-29(34(26)28)37-39-38-30(19-43-37)36(44-46(38)14-15-49-39)35-31-20-45(21-32(31)35)40(47)51-41(7,8)9/h11-12,17-19,23-25,31-32,35H,14-15,20-22H2,1-10H3/t31-,32+,35?. The minimum absolute atomic E-state index is 0.0606. The average molecular weight is 727 g/mol. The Labute approximate surface area is 307 Å². The molecule has 0 N–H and O–H groups in total. The molecule has 2 aliphatic heterocycles. The lowest BCUT2D eigenvalue weighted by molar-refractivity contribution is 0.0270. The van der Waals surface area contributed by atoms with Crippen LogP contribution in [0.5, 0.6) is 11.5 Å². The Morgan fingerprint density at radius 3 is 2.40 bits per heavy atom. The lowest BCUT2D eigenvalue weighted by atomic mass is 9.95. The van der Waals surface area contributed by atoms with Crippen LogP contribution >= 0.6 is 0 Å². The van der Waals surface area contributed by atoms with E-state index in [9.17, 15) is 4.79 Å². The fourth-order valence-electron chi connectivity index (χ4n) is 9.08. The minimum Gasteiger partial charge on any atom is -0.487 e. The first-order chi connectivity index (χ1) is 24.7. The molecule has 0 radical (unpaired) electrons. The van der Waals surface area contributed by atoms with Crippen LogP contribution in [-0.2, 0) is 16.0 Å². The molecule has 2 aromatic heterocycles. The summed E-state index contributed by atoms with van der Waals surface area (Å²) in [5.74, 6) is 5.14. The molecule has 4 aromatic rings. The maximum absolute atomic E-state index is 16.1. The third-order valence-corrected chi connectivity index (χ3v) is 17.7. The summed E-state index contributed by atoms with van der Waals surface area (Å²) in [6.45, 7) is 21.6. The van der Waals surface area contributed by atoms with E-state index in [0.717, 1.165) is 22.0 Å². The van der Waals surface area contributed by atoms with Gasteiger partial charge in [0.25, 0.3) is 0 Å². The van der Waals surface area contributed by atoms with Crippen molar-refractivity contribution in [1.29, 1.82) is 0 Å². The fourth-order valence-corrected chi connectivity index (χ4v) is 14.3. The monoisotopic (exact) mass is 726 g/mol. The van der Waals surface area contributed by atoms with Gasteiger partial charge in [-0.2, -0.15) is 5.10 Å². The molecule has 1 amide bonds. The molecule has 1 saturated carbocycles. The van der Waals surface area contributed by atoms with E-state index in [0.29, 0.717) is 88.4 Å². The molecule has 9 nitrogen and oxygen atoms in total. The first-order valence-corrected chi connectivity index (χ1v) is 20.8. The highest BCUT2D eigenvalue weighted by atomic mass is 28.3. The molecule has 7 rings (SSSR count). The third kappa shape index (κ3) is 6.11. The Bertz CT molecular complexity index is 2080. The molecule has 1 aliphatic carbocycles. The number of ether oxygens (including phenoxy) is 4. The number of fused-ring (bicyclic) bond motifs is 2. The topological polar surface area (TPSA) is 87.9 Å². The van der Waals surface area contributed by atoms with Gasteiger partial charge in [-0.3, -0.25) is 9.67 Å². The molecule has 3 atom stereocenters. The first kappa shape index (κ1) is 36.2. The molecular formula is C41H51FN4O5Si. The molecule has 0 bridgehead atoms. The highest BCUT2D eigenvalue weighted by Gasteiger charge is 2.59. The molecule has 3 aliphatic rings. The number of carbonyl (C=O) groups is 1. The Hall–Kier alpha value is -4.14. The van der Waals surface area contributed by atoms with E-state index >= 15 is 4.39 Å². The van der Waals surface area contributed by atoms with Crippen LogP contribution in [0.3, 0.4) is 0 Å². The molecule has 276 valence electrons. The van der Waals surface area contributed by atoms with Crippen LogP contribution in [0.25, 0.3) is 32.9 Å². The number of hydrogen-bond donors (Lipinski definition) is 0. The number of hydrogen-bond acceptors (Lipinski definition) is 7. The minimum atomic E-state index is -2.18. The summed E-state index contributed by atoms with van der Waals surface area (Å²) in [5.41, 5.74) is 7.93. The summed E-state index contributed by atoms with van der Waals surface area (Å²) < 4.78 is 41.5. The van der Waals surface area contributed by atoms with E-state index in [1.807, 2.05) is 48.7 Å². The number of halogens is 1. The van der Waals surface area contributed by atoms with E-state index in [2.05, 4.69) is 53.0 Å². The number of benzene rings is 2. The highest BCUT2D eigenvalue weighted by molar-refractivity contribution is 6.90. The van der Waals surface area contributed by atoms with Gasteiger partial charge in [-0.1, -0.05) is 53.5 Å². The largest absolute Gasteiger partial charge is 0.487 e. The van der Waals surface area contributed by atoms with E-state index < -0.39 is 13.7 Å². The molecule has 11 heteroatoms. The van der Waals surface area contributed by atoms with Gasteiger partial charge in [0.2, 0.25) is 0 Å². The Balaban J connectivity index is 1.35. The van der Waals surface area contributed by atoms with Gasteiger partial charge in [-0.25, -0.2) is 9.18 Å². The second-order valence-corrected chi connectivity index (χ2v) is 22.2. The normalized spacial score (nSPS) is 19.7. The zero-order valence-corrected chi connectivity index (χ0v) is 33.1. The van der Waals surface area contributed by atoms with Crippen molar-refractivity contribution in [3.8, 4) is 34.2 Å². The lowest BCUT2D eigenvalue weighted by Gasteiger charge is -2.38. The van der Waals surface area contributed by atoms with Crippen molar-refractivity contribution in [3.63, 3.8) is 0 Å². The van der Waals surface area contributed by atoms with E-state index in [1.54, 1.807) is 13.2 Å². The predicted molar refractivity (Wildman–Crippen MR) is 204 cm³/mol. The van der Waals surface area contributed by atoms with Crippen LogP contribution in [-0.4, -0.2) is 73.0 Å². The summed E-state index contributed by atoms with van der Waals surface area (Å²) >= 11 is 0.